The maximum absolute atomic E-state index is 5.15. The Labute approximate surface area is 126 Å². The van der Waals surface area contributed by atoms with Crippen molar-refractivity contribution in [2.24, 2.45) is 0 Å². The minimum atomic E-state index is 0.470. The van der Waals surface area contributed by atoms with Gasteiger partial charge in [-0.2, -0.15) is 0 Å². The van der Waals surface area contributed by atoms with Crippen LogP contribution in [0, 0.1) is 0 Å². The fourth-order valence-electron chi connectivity index (χ4n) is 3.09. The van der Waals surface area contributed by atoms with Gasteiger partial charge < -0.3 is 4.74 Å². The van der Waals surface area contributed by atoms with Gasteiger partial charge in [0.2, 0.25) is 5.88 Å². The van der Waals surface area contributed by atoms with Crippen LogP contribution in [0.3, 0.4) is 0 Å². The number of pyridine rings is 1. The minimum absolute atomic E-state index is 0.470. The summed E-state index contributed by atoms with van der Waals surface area (Å²) in [4.78, 5) is 6.94. The van der Waals surface area contributed by atoms with Gasteiger partial charge in [-0.3, -0.25) is 4.90 Å². The quantitative estimate of drug-likeness (QED) is 0.852. The fraction of sp³-hybridized carbons (Fsp3) is 0.389. The molecule has 1 aliphatic rings. The van der Waals surface area contributed by atoms with E-state index in [1.165, 1.54) is 30.4 Å². The number of likely N-dealkylation sites (tertiary alicyclic amines) is 1. The molecule has 1 saturated heterocycles. The topological polar surface area (TPSA) is 25.4 Å². The number of methoxy groups -OCH3 is 1. The van der Waals surface area contributed by atoms with Crippen LogP contribution in [0.25, 0.3) is 0 Å². The summed E-state index contributed by atoms with van der Waals surface area (Å²) >= 11 is 0. The highest BCUT2D eigenvalue weighted by molar-refractivity contribution is 5.22. The van der Waals surface area contributed by atoms with Crippen LogP contribution in [0.4, 0.5) is 0 Å². The van der Waals surface area contributed by atoms with Crippen LogP contribution in [-0.4, -0.2) is 23.5 Å². The molecule has 3 rings (SSSR count). The zero-order valence-corrected chi connectivity index (χ0v) is 12.5. The fourth-order valence-corrected chi connectivity index (χ4v) is 3.09. The first kappa shape index (κ1) is 14.1. The number of nitrogens with zero attached hydrogens (tertiary/aromatic N) is 2. The van der Waals surface area contributed by atoms with E-state index in [4.69, 9.17) is 4.74 Å². The number of hydrogen-bond donors (Lipinski definition) is 0. The van der Waals surface area contributed by atoms with Gasteiger partial charge >= 0.3 is 0 Å². The Morgan fingerprint density at radius 3 is 2.71 bits per heavy atom. The summed E-state index contributed by atoms with van der Waals surface area (Å²) in [5, 5.41) is 0. The normalized spacial score (nSPS) is 19.4. The highest BCUT2D eigenvalue weighted by Crippen LogP contribution is 2.32. The number of hydrogen-bond acceptors (Lipinski definition) is 3. The molecule has 1 aliphatic heterocycles. The van der Waals surface area contributed by atoms with Gasteiger partial charge in [0.25, 0.3) is 0 Å². The maximum Gasteiger partial charge on any atom is 0.212 e. The predicted octanol–water partition coefficient (Wildman–Crippen LogP) is 3.82. The molecule has 110 valence electrons. The Morgan fingerprint density at radius 2 is 2.00 bits per heavy atom. The molecule has 2 heterocycles. The molecule has 21 heavy (non-hydrogen) atoms. The van der Waals surface area contributed by atoms with Crippen molar-refractivity contribution in [1.82, 2.24) is 9.88 Å². The van der Waals surface area contributed by atoms with Gasteiger partial charge in [0.15, 0.2) is 0 Å². The van der Waals surface area contributed by atoms with E-state index in [1.807, 2.05) is 12.3 Å². The van der Waals surface area contributed by atoms with Crippen LogP contribution in [-0.2, 0) is 6.54 Å². The lowest BCUT2D eigenvalue weighted by molar-refractivity contribution is 0.140. The molecule has 0 saturated carbocycles. The van der Waals surface area contributed by atoms with Crippen molar-refractivity contribution in [3.05, 3.63) is 59.8 Å². The lowest BCUT2D eigenvalue weighted by atomic mass is 9.96. The molecule has 1 aromatic carbocycles. The Bertz CT molecular complexity index is 553. The standard InChI is InChI=1S/C18H22N2O/c1-21-18-11-10-16(13-19-18)17-9-5-6-12-20(17)14-15-7-3-2-4-8-15/h2-4,7-8,10-11,13,17H,5-6,9,12,14H2,1H3/t17-/m1/s1. The molecular formula is C18H22N2O. The van der Waals surface area contributed by atoms with Crippen molar-refractivity contribution in [3.63, 3.8) is 0 Å². The van der Waals surface area contributed by atoms with E-state index >= 15 is 0 Å². The number of rotatable bonds is 4. The average molecular weight is 282 g/mol. The highest BCUT2D eigenvalue weighted by Gasteiger charge is 2.24. The van der Waals surface area contributed by atoms with Gasteiger partial charge in [-0.15, -0.1) is 0 Å². The molecule has 0 amide bonds. The van der Waals surface area contributed by atoms with Crippen molar-refractivity contribution in [2.75, 3.05) is 13.7 Å². The highest BCUT2D eigenvalue weighted by atomic mass is 16.5. The molecule has 0 unspecified atom stereocenters. The zero-order valence-electron chi connectivity index (χ0n) is 12.5. The number of aromatic nitrogens is 1. The molecule has 0 N–H and O–H groups in total. The van der Waals surface area contributed by atoms with Gasteiger partial charge in [0.1, 0.15) is 0 Å². The van der Waals surface area contributed by atoms with Gasteiger partial charge in [-0.1, -0.05) is 42.8 Å². The molecular weight excluding hydrogens is 260 g/mol. The van der Waals surface area contributed by atoms with Gasteiger partial charge in [0.05, 0.1) is 7.11 Å². The largest absolute Gasteiger partial charge is 0.481 e. The van der Waals surface area contributed by atoms with Gasteiger partial charge in [0, 0.05) is 24.8 Å². The SMILES string of the molecule is COc1ccc([C@H]2CCCCN2Cc2ccccc2)cn1. The Kier molecular flexibility index (Phi) is 4.51. The molecule has 3 nitrogen and oxygen atoms in total. The summed E-state index contributed by atoms with van der Waals surface area (Å²) in [5.41, 5.74) is 2.68. The molecule has 0 radical (unpaired) electrons. The van der Waals surface area contributed by atoms with Crippen LogP contribution in [0.15, 0.2) is 48.7 Å². The van der Waals surface area contributed by atoms with E-state index in [-0.39, 0.29) is 0 Å². The van der Waals surface area contributed by atoms with Crippen molar-refractivity contribution in [3.8, 4) is 5.88 Å². The number of piperidine rings is 1. The molecule has 1 atom stereocenters. The summed E-state index contributed by atoms with van der Waals surface area (Å²) in [5.74, 6) is 0.684. The third-order valence-electron chi connectivity index (χ3n) is 4.20. The lowest BCUT2D eigenvalue weighted by Gasteiger charge is -2.36. The first-order valence-corrected chi connectivity index (χ1v) is 7.65. The van der Waals surface area contributed by atoms with E-state index in [2.05, 4.69) is 46.3 Å². The summed E-state index contributed by atoms with van der Waals surface area (Å²) in [6, 6.07) is 15.3. The van der Waals surface area contributed by atoms with E-state index < -0.39 is 0 Å². The maximum atomic E-state index is 5.15. The molecule has 1 fully saturated rings. The van der Waals surface area contributed by atoms with Crippen molar-refractivity contribution in [2.45, 2.75) is 31.8 Å². The predicted molar refractivity (Wildman–Crippen MR) is 84.2 cm³/mol. The molecule has 2 aromatic rings. The third-order valence-corrected chi connectivity index (χ3v) is 4.20. The molecule has 0 spiro atoms. The van der Waals surface area contributed by atoms with Crippen LogP contribution >= 0.6 is 0 Å². The summed E-state index contributed by atoms with van der Waals surface area (Å²) < 4.78 is 5.15. The zero-order chi connectivity index (χ0) is 14.5. The van der Waals surface area contributed by atoms with Crippen LogP contribution in [0.1, 0.15) is 36.4 Å². The van der Waals surface area contributed by atoms with Crippen LogP contribution in [0.5, 0.6) is 5.88 Å². The van der Waals surface area contributed by atoms with Crippen LogP contribution in [0.2, 0.25) is 0 Å². The van der Waals surface area contributed by atoms with E-state index in [0.717, 1.165) is 13.1 Å². The van der Waals surface area contributed by atoms with Crippen molar-refractivity contribution >= 4 is 0 Å². The number of benzene rings is 1. The van der Waals surface area contributed by atoms with E-state index in [9.17, 15) is 0 Å². The van der Waals surface area contributed by atoms with Gasteiger partial charge in [-0.05, 0) is 30.5 Å². The van der Waals surface area contributed by atoms with Crippen molar-refractivity contribution in [1.29, 1.82) is 0 Å². The van der Waals surface area contributed by atoms with E-state index in [1.54, 1.807) is 7.11 Å². The Morgan fingerprint density at radius 1 is 1.14 bits per heavy atom. The second-order valence-electron chi connectivity index (χ2n) is 5.60. The second kappa shape index (κ2) is 6.72. The van der Waals surface area contributed by atoms with Gasteiger partial charge in [-0.25, -0.2) is 4.98 Å². The first-order valence-electron chi connectivity index (χ1n) is 7.65. The lowest BCUT2D eigenvalue weighted by Crippen LogP contribution is -2.32. The van der Waals surface area contributed by atoms with Crippen molar-refractivity contribution < 1.29 is 4.74 Å². The minimum Gasteiger partial charge on any atom is -0.481 e. The van der Waals surface area contributed by atoms with Crippen LogP contribution < -0.4 is 4.74 Å². The number of ether oxygens (including phenoxy) is 1. The Hall–Kier alpha value is -1.87. The summed E-state index contributed by atoms with van der Waals surface area (Å²) in [7, 11) is 1.66. The first-order chi connectivity index (χ1) is 10.4. The third kappa shape index (κ3) is 3.42. The molecule has 0 aliphatic carbocycles. The molecule has 1 aromatic heterocycles. The second-order valence-corrected chi connectivity index (χ2v) is 5.60. The summed E-state index contributed by atoms with van der Waals surface area (Å²) in [6.45, 7) is 2.17. The smallest absolute Gasteiger partial charge is 0.212 e. The van der Waals surface area contributed by atoms with E-state index in [0.29, 0.717) is 11.9 Å². The molecule has 3 heteroatoms. The summed E-state index contributed by atoms with van der Waals surface area (Å²) in [6.07, 6.45) is 5.75. The molecule has 0 bridgehead atoms. The average Bonchev–Trinajstić information content (AvgIpc) is 2.56. The monoisotopic (exact) mass is 282 g/mol. The Balaban J connectivity index is 1.77.